The van der Waals surface area contributed by atoms with Gasteiger partial charge in [-0.05, 0) is 46.0 Å². The molecule has 0 saturated heterocycles. The zero-order chi connectivity index (χ0) is 22.6. The predicted octanol–water partition coefficient (Wildman–Crippen LogP) is 5.97. The number of hydrogen-bond acceptors (Lipinski definition) is 5. The molecule has 0 aromatic heterocycles. The SMILES string of the molecule is CCCCCCCCC=CCCCCCCCC(=O)OC(C)C(=O)OC(C)C(=O)O. The highest BCUT2D eigenvalue weighted by Crippen LogP contribution is 2.11. The van der Waals surface area contributed by atoms with E-state index in [2.05, 4.69) is 23.8 Å². The van der Waals surface area contributed by atoms with E-state index in [1.54, 1.807) is 0 Å². The molecule has 2 atom stereocenters. The molecule has 0 radical (unpaired) electrons. The van der Waals surface area contributed by atoms with Crippen molar-refractivity contribution >= 4 is 17.9 Å². The minimum Gasteiger partial charge on any atom is -0.479 e. The smallest absolute Gasteiger partial charge is 0.347 e. The van der Waals surface area contributed by atoms with Gasteiger partial charge in [-0.1, -0.05) is 70.4 Å². The highest BCUT2D eigenvalue weighted by Gasteiger charge is 2.23. The van der Waals surface area contributed by atoms with Crippen LogP contribution in [0, 0.1) is 0 Å². The van der Waals surface area contributed by atoms with Crippen molar-refractivity contribution in [2.75, 3.05) is 0 Å². The van der Waals surface area contributed by atoms with E-state index in [0.29, 0.717) is 0 Å². The fourth-order valence-corrected chi connectivity index (χ4v) is 2.96. The molecule has 0 aromatic rings. The fraction of sp³-hybridized carbons (Fsp3) is 0.792. The average molecular weight is 427 g/mol. The molecular weight excluding hydrogens is 384 g/mol. The van der Waals surface area contributed by atoms with E-state index in [9.17, 15) is 14.4 Å². The molecule has 2 unspecified atom stereocenters. The number of carboxylic acid groups (broad SMARTS) is 1. The van der Waals surface area contributed by atoms with Gasteiger partial charge in [0.15, 0.2) is 12.2 Å². The average Bonchev–Trinajstić information content (AvgIpc) is 2.70. The maximum Gasteiger partial charge on any atom is 0.347 e. The summed E-state index contributed by atoms with van der Waals surface area (Å²) in [5, 5.41) is 8.71. The Bertz CT molecular complexity index is 500. The van der Waals surface area contributed by atoms with Crippen LogP contribution in [0.3, 0.4) is 0 Å². The molecule has 6 heteroatoms. The van der Waals surface area contributed by atoms with Crippen LogP contribution in [0.5, 0.6) is 0 Å². The van der Waals surface area contributed by atoms with Gasteiger partial charge in [0.1, 0.15) is 0 Å². The summed E-state index contributed by atoms with van der Waals surface area (Å²) in [6.07, 6.45) is 17.9. The van der Waals surface area contributed by atoms with E-state index in [-0.39, 0.29) is 6.42 Å². The third-order valence-electron chi connectivity index (χ3n) is 4.92. The lowest BCUT2D eigenvalue weighted by atomic mass is 10.1. The highest BCUT2D eigenvalue weighted by molar-refractivity contribution is 5.82. The maximum atomic E-state index is 11.8. The fourth-order valence-electron chi connectivity index (χ4n) is 2.96. The first-order valence-corrected chi connectivity index (χ1v) is 11.7. The van der Waals surface area contributed by atoms with Gasteiger partial charge in [-0.3, -0.25) is 4.79 Å². The van der Waals surface area contributed by atoms with Crippen LogP contribution in [0.25, 0.3) is 0 Å². The van der Waals surface area contributed by atoms with E-state index in [0.717, 1.165) is 32.1 Å². The molecule has 0 rings (SSSR count). The summed E-state index contributed by atoms with van der Waals surface area (Å²) in [5.74, 6) is -2.54. The number of unbranched alkanes of at least 4 members (excludes halogenated alkanes) is 11. The van der Waals surface area contributed by atoms with Gasteiger partial charge in [-0.15, -0.1) is 0 Å². The van der Waals surface area contributed by atoms with E-state index in [1.165, 1.54) is 65.2 Å². The normalized spacial score (nSPS) is 13.2. The van der Waals surface area contributed by atoms with E-state index < -0.39 is 30.1 Å². The number of allylic oxidation sites excluding steroid dienone is 2. The van der Waals surface area contributed by atoms with Gasteiger partial charge in [-0.2, -0.15) is 0 Å². The Kier molecular flexibility index (Phi) is 18.0. The summed E-state index contributed by atoms with van der Waals surface area (Å²) in [4.78, 5) is 34.1. The lowest BCUT2D eigenvalue weighted by Crippen LogP contribution is -2.32. The van der Waals surface area contributed by atoms with Crippen LogP contribution in [-0.4, -0.2) is 35.2 Å². The van der Waals surface area contributed by atoms with Crippen molar-refractivity contribution in [2.45, 2.75) is 123 Å². The number of carboxylic acids is 1. The summed E-state index contributed by atoms with van der Waals surface area (Å²) in [6.45, 7) is 4.88. The Morgan fingerprint density at radius 2 is 1.23 bits per heavy atom. The van der Waals surface area contributed by atoms with Gasteiger partial charge in [-0.25, -0.2) is 9.59 Å². The molecule has 1 N–H and O–H groups in total. The Hall–Kier alpha value is -1.85. The summed E-state index contributed by atoms with van der Waals surface area (Å²) in [7, 11) is 0. The Morgan fingerprint density at radius 3 is 1.77 bits per heavy atom. The molecule has 174 valence electrons. The quantitative estimate of drug-likeness (QED) is 0.155. The van der Waals surface area contributed by atoms with Crippen LogP contribution >= 0.6 is 0 Å². The van der Waals surface area contributed by atoms with Crippen molar-refractivity contribution in [2.24, 2.45) is 0 Å². The van der Waals surface area contributed by atoms with Gasteiger partial charge < -0.3 is 14.6 Å². The molecule has 0 bridgehead atoms. The number of ether oxygens (including phenoxy) is 2. The second-order valence-electron chi connectivity index (χ2n) is 7.88. The molecule has 0 amide bonds. The minimum absolute atomic E-state index is 0.254. The Balaban J connectivity index is 3.55. The number of carbonyl (C=O) groups excluding carboxylic acids is 2. The van der Waals surface area contributed by atoms with E-state index in [4.69, 9.17) is 9.84 Å². The molecule has 0 saturated carbocycles. The van der Waals surface area contributed by atoms with Crippen molar-refractivity contribution in [3.63, 3.8) is 0 Å². The van der Waals surface area contributed by atoms with Gasteiger partial charge in [0.05, 0.1) is 0 Å². The molecule has 0 heterocycles. The van der Waals surface area contributed by atoms with E-state index in [1.807, 2.05) is 0 Å². The van der Waals surface area contributed by atoms with Gasteiger partial charge >= 0.3 is 17.9 Å². The van der Waals surface area contributed by atoms with Crippen LogP contribution < -0.4 is 0 Å². The maximum absolute atomic E-state index is 11.8. The second-order valence-corrected chi connectivity index (χ2v) is 7.88. The predicted molar refractivity (Wildman–Crippen MR) is 118 cm³/mol. The van der Waals surface area contributed by atoms with E-state index >= 15 is 0 Å². The number of rotatable bonds is 19. The summed E-state index contributed by atoms with van der Waals surface area (Å²) in [5.41, 5.74) is 0. The highest BCUT2D eigenvalue weighted by atomic mass is 16.6. The minimum atomic E-state index is -1.26. The number of hydrogen-bond donors (Lipinski definition) is 1. The molecule has 0 aromatic carbocycles. The molecule has 0 fully saturated rings. The molecule has 30 heavy (non-hydrogen) atoms. The number of carbonyl (C=O) groups is 3. The van der Waals surface area contributed by atoms with Crippen LogP contribution in [-0.2, 0) is 23.9 Å². The van der Waals surface area contributed by atoms with Crippen molar-refractivity contribution in [1.29, 1.82) is 0 Å². The van der Waals surface area contributed by atoms with Gasteiger partial charge in [0, 0.05) is 6.42 Å². The topological polar surface area (TPSA) is 89.9 Å². The molecule has 0 spiro atoms. The Labute approximate surface area is 182 Å². The van der Waals surface area contributed by atoms with Gasteiger partial charge in [0.25, 0.3) is 0 Å². The van der Waals surface area contributed by atoms with Gasteiger partial charge in [0.2, 0.25) is 0 Å². The summed E-state index contributed by atoms with van der Waals surface area (Å²) >= 11 is 0. The van der Waals surface area contributed by atoms with Crippen LogP contribution in [0.15, 0.2) is 12.2 Å². The molecule has 0 aliphatic heterocycles. The molecule has 0 aliphatic carbocycles. The largest absolute Gasteiger partial charge is 0.479 e. The van der Waals surface area contributed by atoms with Crippen LogP contribution in [0.2, 0.25) is 0 Å². The first-order valence-electron chi connectivity index (χ1n) is 11.7. The van der Waals surface area contributed by atoms with Crippen molar-refractivity contribution in [1.82, 2.24) is 0 Å². The van der Waals surface area contributed by atoms with Crippen molar-refractivity contribution in [3.8, 4) is 0 Å². The molecular formula is C24H42O6. The summed E-state index contributed by atoms with van der Waals surface area (Å²) < 4.78 is 9.68. The first-order chi connectivity index (χ1) is 14.4. The standard InChI is InChI=1S/C24H42O6/c1-4-5-6-7-8-9-10-11-12-13-14-15-16-17-18-19-22(25)29-21(3)24(28)30-20(2)23(26)27/h11-12,20-21H,4-10,13-19H2,1-3H3,(H,26,27). The first kappa shape index (κ1) is 28.1. The molecule has 0 aliphatic rings. The summed E-state index contributed by atoms with van der Waals surface area (Å²) in [6, 6.07) is 0. The lowest BCUT2D eigenvalue weighted by molar-refractivity contribution is -0.174. The second kappa shape index (κ2) is 19.1. The number of aliphatic carboxylic acids is 1. The Morgan fingerprint density at radius 1 is 0.733 bits per heavy atom. The third kappa shape index (κ3) is 17.0. The third-order valence-corrected chi connectivity index (χ3v) is 4.92. The lowest BCUT2D eigenvalue weighted by Gasteiger charge is -2.14. The van der Waals surface area contributed by atoms with Crippen LogP contribution in [0.4, 0.5) is 0 Å². The zero-order valence-corrected chi connectivity index (χ0v) is 19.2. The molecule has 6 nitrogen and oxygen atoms in total. The van der Waals surface area contributed by atoms with Crippen molar-refractivity contribution in [3.05, 3.63) is 12.2 Å². The number of esters is 2. The zero-order valence-electron chi connectivity index (χ0n) is 19.2. The van der Waals surface area contributed by atoms with Crippen LogP contribution in [0.1, 0.15) is 111 Å². The monoisotopic (exact) mass is 426 g/mol. The van der Waals surface area contributed by atoms with Crippen molar-refractivity contribution < 1.29 is 29.0 Å².